The van der Waals surface area contributed by atoms with Crippen molar-refractivity contribution in [2.75, 3.05) is 0 Å². The van der Waals surface area contributed by atoms with Crippen LogP contribution in [0.4, 0.5) is 0 Å². The van der Waals surface area contributed by atoms with Gasteiger partial charge in [0, 0.05) is 0 Å². The standard InChI is InChI=1S/C31H57NO5/c1-5-7-8-9-10-11-12-13-14-15-16-17-18-19-20-21-25(22-27-26(6-2)28(33)37-27)31(29(32)34,30(35)36)23-24(3)4/h24-27H,5-23H2,1-4H3,(H2,32,34)(H,35,36)/t25?,26-,27-,31-/m0/s1. The first kappa shape index (κ1) is 33.4. The quantitative estimate of drug-likeness (QED) is 0.0762. The molecule has 1 unspecified atom stereocenters. The van der Waals surface area contributed by atoms with Gasteiger partial charge in [-0.25, -0.2) is 0 Å². The number of carbonyl (C=O) groups is 3. The van der Waals surface area contributed by atoms with Crippen LogP contribution in [0, 0.1) is 23.2 Å². The summed E-state index contributed by atoms with van der Waals surface area (Å²) in [5.41, 5.74) is 4.16. The average Bonchev–Trinajstić information content (AvgIpc) is 2.83. The molecule has 0 aliphatic carbocycles. The van der Waals surface area contributed by atoms with Crippen molar-refractivity contribution in [3.05, 3.63) is 0 Å². The maximum atomic E-state index is 12.6. The Morgan fingerprint density at radius 1 is 0.865 bits per heavy atom. The van der Waals surface area contributed by atoms with Crippen molar-refractivity contribution in [3.8, 4) is 0 Å². The van der Waals surface area contributed by atoms with Gasteiger partial charge in [0.25, 0.3) is 0 Å². The number of primary amides is 1. The van der Waals surface area contributed by atoms with Crippen molar-refractivity contribution >= 4 is 17.8 Å². The van der Waals surface area contributed by atoms with Crippen LogP contribution in [0.5, 0.6) is 0 Å². The fraction of sp³-hybridized carbons (Fsp3) is 0.903. The van der Waals surface area contributed by atoms with Crippen LogP contribution in [0.1, 0.15) is 150 Å². The Morgan fingerprint density at radius 3 is 1.68 bits per heavy atom. The molecule has 37 heavy (non-hydrogen) atoms. The van der Waals surface area contributed by atoms with Crippen molar-refractivity contribution in [3.63, 3.8) is 0 Å². The molecule has 6 nitrogen and oxygen atoms in total. The van der Waals surface area contributed by atoms with Crippen molar-refractivity contribution in [1.82, 2.24) is 0 Å². The molecule has 0 aromatic rings. The lowest BCUT2D eigenvalue weighted by Crippen LogP contribution is -2.54. The Morgan fingerprint density at radius 2 is 1.32 bits per heavy atom. The summed E-state index contributed by atoms with van der Waals surface area (Å²) < 4.78 is 5.38. The summed E-state index contributed by atoms with van der Waals surface area (Å²) in [4.78, 5) is 37.0. The van der Waals surface area contributed by atoms with E-state index in [0.29, 0.717) is 19.3 Å². The van der Waals surface area contributed by atoms with Crippen molar-refractivity contribution in [1.29, 1.82) is 0 Å². The van der Waals surface area contributed by atoms with E-state index in [1.807, 2.05) is 20.8 Å². The van der Waals surface area contributed by atoms with E-state index in [9.17, 15) is 19.5 Å². The Hall–Kier alpha value is -1.59. The zero-order valence-corrected chi connectivity index (χ0v) is 24.4. The molecular formula is C31H57NO5. The zero-order chi connectivity index (χ0) is 27.7. The van der Waals surface area contributed by atoms with Crippen LogP contribution < -0.4 is 5.73 Å². The lowest BCUT2D eigenvalue weighted by molar-refractivity contribution is -0.189. The lowest BCUT2D eigenvalue weighted by atomic mass is 9.64. The molecule has 1 rings (SSSR count). The van der Waals surface area contributed by atoms with Crippen molar-refractivity contribution < 1.29 is 24.2 Å². The van der Waals surface area contributed by atoms with Crippen molar-refractivity contribution in [2.24, 2.45) is 28.9 Å². The van der Waals surface area contributed by atoms with Gasteiger partial charge in [-0.2, -0.15) is 0 Å². The Labute approximate surface area is 226 Å². The number of aliphatic carboxylic acids is 1. The first-order chi connectivity index (χ1) is 17.7. The summed E-state index contributed by atoms with van der Waals surface area (Å²) in [7, 11) is 0. The van der Waals surface area contributed by atoms with E-state index >= 15 is 0 Å². The van der Waals surface area contributed by atoms with E-state index in [0.717, 1.165) is 19.3 Å². The Kier molecular flexibility index (Phi) is 16.8. The van der Waals surface area contributed by atoms with Gasteiger partial charge in [0.05, 0.1) is 5.92 Å². The van der Waals surface area contributed by atoms with Gasteiger partial charge in [-0.15, -0.1) is 0 Å². The van der Waals surface area contributed by atoms with E-state index in [1.165, 1.54) is 77.0 Å². The van der Waals surface area contributed by atoms with E-state index in [-0.39, 0.29) is 30.3 Å². The second-order valence-electron chi connectivity index (χ2n) is 11.9. The Balaban J connectivity index is 2.45. The molecule has 1 saturated heterocycles. The van der Waals surface area contributed by atoms with Crippen LogP contribution in [0.15, 0.2) is 0 Å². The molecule has 4 atom stereocenters. The first-order valence-electron chi connectivity index (χ1n) is 15.4. The fourth-order valence-electron chi connectivity index (χ4n) is 6.13. The SMILES string of the molecule is CCCCCCCCCCCCCCCCCC(C[C@@H]1OC(=O)[C@H]1CC)[C@@](CC(C)C)(C(N)=O)C(=O)O. The number of carboxylic acid groups (broad SMARTS) is 1. The molecule has 216 valence electrons. The summed E-state index contributed by atoms with van der Waals surface area (Å²) in [6.07, 6.45) is 20.6. The largest absolute Gasteiger partial charge is 0.480 e. The van der Waals surface area contributed by atoms with E-state index in [1.54, 1.807) is 0 Å². The zero-order valence-electron chi connectivity index (χ0n) is 24.4. The highest BCUT2D eigenvalue weighted by molar-refractivity contribution is 6.01. The van der Waals surface area contributed by atoms with Crippen LogP contribution in [0.25, 0.3) is 0 Å². The van der Waals surface area contributed by atoms with Gasteiger partial charge in [0.15, 0.2) is 0 Å². The molecule has 0 radical (unpaired) electrons. The number of ether oxygens (including phenoxy) is 1. The topological polar surface area (TPSA) is 107 Å². The van der Waals surface area contributed by atoms with Gasteiger partial charge < -0.3 is 15.6 Å². The minimum absolute atomic E-state index is 0.0121. The number of unbranched alkanes of at least 4 members (excludes halogenated alkanes) is 14. The smallest absolute Gasteiger partial charge is 0.319 e. The fourth-order valence-corrected chi connectivity index (χ4v) is 6.13. The van der Waals surface area contributed by atoms with Crippen LogP contribution in [-0.2, 0) is 19.1 Å². The van der Waals surface area contributed by atoms with Crippen LogP contribution >= 0.6 is 0 Å². The molecule has 0 aromatic heterocycles. The molecule has 1 amide bonds. The monoisotopic (exact) mass is 523 g/mol. The molecule has 1 fully saturated rings. The summed E-state index contributed by atoms with van der Waals surface area (Å²) >= 11 is 0. The third-order valence-corrected chi connectivity index (χ3v) is 8.38. The molecule has 1 aliphatic heterocycles. The van der Waals surface area contributed by atoms with Gasteiger partial charge in [-0.1, -0.05) is 124 Å². The van der Waals surface area contributed by atoms with Crippen LogP contribution in [0.3, 0.4) is 0 Å². The second kappa shape index (κ2) is 18.6. The lowest BCUT2D eigenvalue weighted by Gasteiger charge is -2.42. The number of carbonyl (C=O) groups excluding carboxylic acids is 2. The van der Waals surface area contributed by atoms with Gasteiger partial charge in [0.2, 0.25) is 5.91 Å². The Bertz CT molecular complexity index is 648. The minimum Gasteiger partial charge on any atom is -0.480 e. The maximum Gasteiger partial charge on any atom is 0.319 e. The summed E-state index contributed by atoms with van der Waals surface area (Å²) in [6, 6.07) is 0. The van der Waals surface area contributed by atoms with Gasteiger partial charge in [-0.3, -0.25) is 14.4 Å². The number of amides is 1. The number of esters is 1. The average molecular weight is 524 g/mol. The summed E-state index contributed by atoms with van der Waals surface area (Å²) in [6.45, 7) is 8.04. The third-order valence-electron chi connectivity index (χ3n) is 8.38. The third kappa shape index (κ3) is 11.4. The number of hydrogen-bond acceptors (Lipinski definition) is 4. The number of hydrogen-bond donors (Lipinski definition) is 2. The molecular weight excluding hydrogens is 466 g/mol. The second-order valence-corrected chi connectivity index (χ2v) is 11.9. The number of nitrogens with two attached hydrogens (primary N) is 1. The van der Waals surface area contributed by atoms with E-state index in [4.69, 9.17) is 10.5 Å². The molecule has 0 saturated carbocycles. The van der Waals surface area contributed by atoms with E-state index < -0.39 is 23.2 Å². The minimum atomic E-state index is -1.62. The molecule has 3 N–H and O–H groups in total. The van der Waals surface area contributed by atoms with Crippen LogP contribution in [0.2, 0.25) is 0 Å². The van der Waals surface area contributed by atoms with Gasteiger partial charge >= 0.3 is 11.9 Å². The van der Waals surface area contributed by atoms with Crippen molar-refractivity contribution in [2.45, 2.75) is 156 Å². The molecule has 1 heterocycles. The first-order valence-corrected chi connectivity index (χ1v) is 15.4. The molecule has 0 spiro atoms. The van der Waals surface area contributed by atoms with Gasteiger partial charge in [-0.05, 0) is 37.5 Å². The highest BCUT2D eigenvalue weighted by atomic mass is 16.6. The molecule has 6 heteroatoms. The molecule has 1 aliphatic rings. The highest BCUT2D eigenvalue weighted by Crippen LogP contribution is 2.44. The molecule has 0 bridgehead atoms. The molecule has 0 aromatic carbocycles. The van der Waals surface area contributed by atoms with E-state index in [2.05, 4.69) is 6.92 Å². The van der Waals surface area contributed by atoms with Crippen LogP contribution in [-0.4, -0.2) is 29.1 Å². The predicted molar refractivity (Wildman–Crippen MR) is 150 cm³/mol. The van der Waals surface area contributed by atoms with Gasteiger partial charge in [0.1, 0.15) is 11.5 Å². The number of rotatable bonds is 24. The maximum absolute atomic E-state index is 12.6. The summed E-state index contributed by atoms with van der Waals surface area (Å²) in [5, 5.41) is 10.2. The summed E-state index contributed by atoms with van der Waals surface area (Å²) in [5.74, 6) is -2.75. The normalized spacial score (nSPS) is 19.8. The number of carboxylic acids is 1. The number of cyclic esters (lactones) is 1. The highest BCUT2D eigenvalue weighted by Gasteiger charge is 2.54. The predicted octanol–water partition coefficient (Wildman–Crippen LogP) is 7.81.